The quantitative estimate of drug-likeness (QED) is 0.717. The summed E-state index contributed by atoms with van der Waals surface area (Å²) in [6, 6.07) is 1.64. The van der Waals surface area contributed by atoms with Crippen LogP contribution in [0.1, 0.15) is 33.1 Å². The molecule has 0 spiro atoms. The van der Waals surface area contributed by atoms with Crippen LogP contribution in [0, 0.1) is 0 Å². The van der Waals surface area contributed by atoms with Crippen molar-refractivity contribution in [1.82, 2.24) is 10.2 Å². The molecule has 1 heterocycles. The van der Waals surface area contributed by atoms with Crippen LogP contribution >= 0.6 is 0 Å². The van der Waals surface area contributed by atoms with Crippen LogP contribution in [0.15, 0.2) is 0 Å². The Kier molecular flexibility index (Phi) is 4.00. The summed E-state index contributed by atoms with van der Waals surface area (Å²) in [6.07, 6.45) is 4.49. The van der Waals surface area contributed by atoms with E-state index in [4.69, 9.17) is 4.74 Å². The van der Waals surface area contributed by atoms with E-state index in [-0.39, 0.29) is 0 Å². The van der Waals surface area contributed by atoms with Gasteiger partial charge in [-0.05, 0) is 39.7 Å². The lowest BCUT2D eigenvalue weighted by Gasteiger charge is -2.28. The molecule has 0 radical (unpaired) electrons. The molecule has 0 bridgehead atoms. The highest BCUT2D eigenvalue weighted by Gasteiger charge is 2.34. The molecule has 2 aliphatic rings. The fourth-order valence-electron chi connectivity index (χ4n) is 2.39. The highest BCUT2D eigenvalue weighted by atomic mass is 16.5. The normalized spacial score (nSPS) is 26.8. The first-order valence-corrected chi connectivity index (χ1v) is 6.35. The monoisotopic (exact) mass is 212 g/mol. The Morgan fingerprint density at radius 2 is 2.07 bits per heavy atom. The first-order valence-electron chi connectivity index (χ1n) is 6.35. The van der Waals surface area contributed by atoms with Crippen molar-refractivity contribution in [3.05, 3.63) is 0 Å². The van der Waals surface area contributed by atoms with Crippen molar-refractivity contribution in [2.75, 3.05) is 26.2 Å². The molecule has 0 aromatic rings. The van der Waals surface area contributed by atoms with Crippen molar-refractivity contribution >= 4 is 0 Å². The Hall–Kier alpha value is -0.120. The van der Waals surface area contributed by atoms with Crippen molar-refractivity contribution in [2.24, 2.45) is 0 Å². The number of nitrogens with zero attached hydrogens (tertiary/aromatic N) is 1. The lowest BCUT2D eigenvalue weighted by Crippen LogP contribution is -2.41. The Morgan fingerprint density at radius 3 is 2.60 bits per heavy atom. The fraction of sp³-hybridized carbons (Fsp3) is 1.00. The SMILES string of the molecule is CC(C)OCCN(C1CC1)C1CCNC1. The standard InChI is InChI=1S/C12H24N2O/c1-10(2)15-8-7-14(11-3-4-11)12-5-6-13-9-12/h10-13H,3-9H2,1-2H3. The topological polar surface area (TPSA) is 24.5 Å². The van der Waals surface area contributed by atoms with Crippen LogP contribution in [0.25, 0.3) is 0 Å². The Labute approximate surface area is 93.2 Å². The van der Waals surface area contributed by atoms with E-state index in [1.54, 1.807) is 0 Å². The number of hydrogen-bond acceptors (Lipinski definition) is 3. The highest BCUT2D eigenvalue weighted by Crippen LogP contribution is 2.29. The molecule has 0 amide bonds. The summed E-state index contributed by atoms with van der Waals surface area (Å²) in [5, 5.41) is 3.45. The lowest BCUT2D eigenvalue weighted by molar-refractivity contribution is 0.0482. The van der Waals surface area contributed by atoms with Gasteiger partial charge in [0.15, 0.2) is 0 Å². The van der Waals surface area contributed by atoms with E-state index in [1.807, 2.05) is 0 Å². The summed E-state index contributed by atoms with van der Waals surface area (Å²) in [4.78, 5) is 2.67. The van der Waals surface area contributed by atoms with Crippen molar-refractivity contribution < 1.29 is 4.74 Å². The smallest absolute Gasteiger partial charge is 0.0597 e. The van der Waals surface area contributed by atoms with Crippen molar-refractivity contribution in [3.8, 4) is 0 Å². The predicted octanol–water partition coefficient (Wildman–Crippen LogP) is 1.24. The maximum absolute atomic E-state index is 5.65. The van der Waals surface area contributed by atoms with Crippen LogP contribution in [0.4, 0.5) is 0 Å². The second-order valence-corrected chi connectivity index (χ2v) is 5.04. The molecular formula is C12H24N2O. The van der Waals surface area contributed by atoms with Gasteiger partial charge in [-0.1, -0.05) is 0 Å². The summed E-state index contributed by atoms with van der Waals surface area (Å²) in [7, 11) is 0. The molecule has 3 nitrogen and oxygen atoms in total. The second-order valence-electron chi connectivity index (χ2n) is 5.04. The molecular weight excluding hydrogens is 188 g/mol. The fourth-order valence-corrected chi connectivity index (χ4v) is 2.39. The third-order valence-corrected chi connectivity index (χ3v) is 3.32. The van der Waals surface area contributed by atoms with Gasteiger partial charge in [-0.15, -0.1) is 0 Å². The highest BCUT2D eigenvalue weighted by molar-refractivity contribution is 4.91. The minimum Gasteiger partial charge on any atom is -0.377 e. The molecule has 2 fully saturated rings. The van der Waals surface area contributed by atoms with E-state index in [9.17, 15) is 0 Å². The predicted molar refractivity (Wildman–Crippen MR) is 62.1 cm³/mol. The van der Waals surface area contributed by atoms with Crippen LogP contribution in [0.3, 0.4) is 0 Å². The largest absolute Gasteiger partial charge is 0.377 e. The molecule has 88 valence electrons. The molecule has 2 rings (SSSR count). The maximum Gasteiger partial charge on any atom is 0.0597 e. The van der Waals surface area contributed by atoms with E-state index in [2.05, 4.69) is 24.1 Å². The van der Waals surface area contributed by atoms with E-state index < -0.39 is 0 Å². The van der Waals surface area contributed by atoms with Crippen LogP contribution in [-0.4, -0.2) is 49.3 Å². The van der Waals surface area contributed by atoms with Crippen LogP contribution in [0.5, 0.6) is 0 Å². The van der Waals surface area contributed by atoms with E-state index >= 15 is 0 Å². The minimum atomic E-state index is 0.368. The minimum absolute atomic E-state index is 0.368. The molecule has 1 atom stereocenters. The third kappa shape index (κ3) is 3.44. The molecule has 0 aromatic carbocycles. The molecule has 1 aliphatic heterocycles. The molecule has 1 N–H and O–H groups in total. The molecule has 15 heavy (non-hydrogen) atoms. The average molecular weight is 212 g/mol. The zero-order valence-corrected chi connectivity index (χ0v) is 10.0. The van der Waals surface area contributed by atoms with E-state index in [1.165, 1.54) is 32.4 Å². The van der Waals surface area contributed by atoms with Gasteiger partial charge in [0.05, 0.1) is 12.7 Å². The third-order valence-electron chi connectivity index (χ3n) is 3.32. The first kappa shape index (κ1) is 11.4. The summed E-state index contributed by atoms with van der Waals surface area (Å²) in [6.45, 7) is 8.61. The van der Waals surface area contributed by atoms with Crippen LogP contribution in [0.2, 0.25) is 0 Å². The number of rotatable bonds is 6. The van der Waals surface area contributed by atoms with Crippen molar-refractivity contribution in [1.29, 1.82) is 0 Å². The molecule has 1 saturated heterocycles. The van der Waals surface area contributed by atoms with Crippen LogP contribution in [-0.2, 0) is 4.74 Å². The number of nitrogens with one attached hydrogen (secondary N) is 1. The molecule has 1 saturated carbocycles. The summed E-state index contributed by atoms with van der Waals surface area (Å²) >= 11 is 0. The summed E-state index contributed by atoms with van der Waals surface area (Å²) < 4.78 is 5.65. The zero-order chi connectivity index (χ0) is 10.7. The molecule has 0 aromatic heterocycles. The Bertz CT molecular complexity index is 186. The van der Waals surface area contributed by atoms with Gasteiger partial charge in [-0.3, -0.25) is 4.90 Å². The number of hydrogen-bond donors (Lipinski definition) is 1. The van der Waals surface area contributed by atoms with Crippen molar-refractivity contribution in [3.63, 3.8) is 0 Å². The van der Waals surface area contributed by atoms with Crippen molar-refractivity contribution in [2.45, 2.75) is 51.3 Å². The second kappa shape index (κ2) is 5.28. The van der Waals surface area contributed by atoms with Gasteiger partial charge in [0.25, 0.3) is 0 Å². The van der Waals surface area contributed by atoms with Gasteiger partial charge in [-0.25, -0.2) is 0 Å². The zero-order valence-electron chi connectivity index (χ0n) is 10.0. The summed E-state index contributed by atoms with van der Waals surface area (Å²) in [5.41, 5.74) is 0. The molecule has 1 aliphatic carbocycles. The Balaban J connectivity index is 1.73. The van der Waals surface area contributed by atoms with Gasteiger partial charge in [0, 0.05) is 25.2 Å². The lowest BCUT2D eigenvalue weighted by atomic mass is 10.2. The number of ether oxygens (including phenoxy) is 1. The van der Waals surface area contributed by atoms with Gasteiger partial charge >= 0.3 is 0 Å². The average Bonchev–Trinajstić information content (AvgIpc) is 2.88. The van der Waals surface area contributed by atoms with E-state index in [0.717, 1.165) is 25.2 Å². The van der Waals surface area contributed by atoms with E-state index in [0.29, 0.717) is 6.10 Å². The summed E-state index contributed by atoms with van der Waals surface area (Å²) in [5.74, 6) is 0. The first-order chi connectivity index (χ1) is 7.27. The molecule has 3 heteroatoms. The Morgan fingerprint density at radius 1 is 1.27 bits per heavy atom. The van der Waals surface area contributed by atoms with Gasteiger partial charge in [0.1, 0.15) is 0 Å². The van der Waals surface area contributed by atoms with Gasteiger partial charge < -0.3 is 10.1 Å². The van der Waals surface area contributed by atoms with Gasteiger partial charge in [-0.2, -0.15) is 0 Å². The van der Waals surface area contributed by atoms with Gasteiger partial charge in [0.2, 0.25) is 0 Å². The van der Waals surface area contributed by atoms with Crippen LogP contribution < -0.4 is 5.32 Å². The molecule has 1 unspecified atom stereocenters. The maximum atomic E-state index is 5.65.